The largest absolute Gasteiger partial charge is 0.329 e. The van der Waals surface area contributed by atoms with Gasteiger partial charge in [-0.05, 0) is 38.3 Å². The highest BCUT2D eigenvalue weighted by Gasteiger charge is 2.45. The van der Waals surface area contributed by atoms with Crippen LogP contribution in [0.25, 0.3) is 0 Å². The molecule has 2 amide bonds. The van der Waals surface area contributed by atoms with E-state index in [0.717, 1.165) is 30.6 Å². The Bertz CT molecular complexity index is 558. The van der Waals surface area contributed by atoms with E-state index in [0.29, 0.717) is 6.54 Å². The van der Waals surface area contributed by atoms with Crippen molar-refractivity contribution in [1.29, 1.82) is 0 Å². The number of pyridine rings is 1. The Morgan fingerprint density at radius 1 is 1.35 bits per heavy atom. The number of fused-ring (bicyclic) bond motifs is 1. The smallest absolute Gasteiger partial charge is 0.246 e. The van der Waals surface area contributed by atoms with Crippen LogP contribution in [0.3, 0.4) is 0 Å². The first-order valence-electron chi connectivity index (χ1n) is 7.11. The molecule has 5 heteroatoms. The van der Waals surface area contributed by atoms with Crippen molar-refractivity contribution in [1.82, 2.24) is 14.8 Å². The molecular formula is C15H19N3O2. The summed E-state index contributed by atoms with van der Waals surface area (Å²) in [4.78, 5) is 32.7. The van der Waals surface area contributed by atoms with Gasteiger partial charge in [-0.1, -0.05) is 6.07 Å². The molecule has 0 N–H and O–H groups in total. The van der Waals surface area contributed by atoms with Gasteiger partial charge in [-0.2, -0.15) is 0 Å². The number of rotatable bonds is 2. The average Bonchev–Trinajstić information content (AvgIpc) is 2.93. The first-order chi connectivity index (χ1) is 9.59. The summed E-state index contributed by atoms with van der Waals surface area (Å²) in [5.41, 5.74) is 1.92. The van der Waals surface area contributed by atoms with Crippen molar-refractivity contribution >= 4 is 11.8 Å². The second kappa shape index (κ2) is 4.89. The van der Waals surface area contributed by atoms with Crippen LogP contribution in [0.15, 0.2) is 18.3 Å². The normalized spacial score (nSPS) is 26.1. The fourth-order valence-corrected chi connectivity index (χ4v) is 3.10. The molecule has 1 aromatic heterocycles. The zero-order valence-corrected chi connectivity index (χ0v) is 11.9. The zero-order valence-electron chi connectivity index (χ0n) is 11.9. The van der Waals surface area contributed by atoms with Gasteiger partial charge in [0.25, 0.3) is 0 Å². The van der Waals surface area contributed by atoms with Crippen molar-refractivity contribution in [3.63, 3.8) is 0 Å². The Balaban J connectivity index is 1.87. The molecule has 2 unspecified atom stereocenters. The van der Waals surface area contributed by atoms with Gasteiger partial charge in [0.2, 0.25) is 11.8 Å². The Hall–Kier alpha value is -1.91. The third-order valence-corrected chi connectivity index (χ3v) is 4.37. The summed E-state index contributed by atoms with van der Waals surface area (Å²) < 4.78 is 0. The van der Waals surface area contributed by atoms with Gasteiger partial charge in [0, 0.05) is 12.7 Å². The summed E-state index contributed by atoms with van der Waals surface area (Å²) in [7, 11) is 0. The van der Waals surface area contributed by atoms with E-state index in [1.165, 1.54) is 0 Å². The van der Waals surface area contributed by atoms with Gasteiger partial charge in [0.1, 0.15) is 12.1 Å². The van der Waals surface area contributed by atoms with Crippen LogP contribution in [0, 0.1) is 6.92 Å². The van der Waals surface area contributed by atoms with Gasteiger partial charge in [-0.3, -0.25) is 14.6 Å². The SMILES string of the molecule is Cc1cccnc1CN1C(=O)C2CCCN2C(=O)C1C. The zero-order chi connectivity index (χ0) is 14.3. The van der Waals surface area contributed by atoms with E-state index in [9.17, 15) is 9.59 Å². The molecule has 2 atom stereocenters. The molecule has 2 aliphatic rings. The molecule has 0 saturated carbocycles. The van der Waals surface area contributed by atoms with Crippen LogP contribution in [0.2, 0.25) is 0 Å². The van der Waals surface area contributed by atoms with Crippen molar-refractivity contribution in [3.05, 3.63) is 29.6 Å². The lowest BCUT2D eigenvalue weighted by atomic mass is 10.1. The molecule has 20 heavy (non-hydrogen) atoms. The second-order valence-electron chi connectivity index (χ2n) is 5.60. The Labute approximate surface area is 118 Å². The highest BCUT2D eigenvalue weighted by atomic mass is 16.2. The summed E-state index contributed by atoms with van der Waals surface area (Å²) in [5.74, 6) is 0.139. The van der Waals surface area contributed by atoms with E-state index < -0.39 is 6.04 Å². The number of aryl methyl sites for hydroxylation is 1. The van der Waals surface area contributed by atoms with Crippen LogP contribution in [-0.2, 0) is 16.1 Å². The standard InChI is InChI=1S/C15H19N3O2/c1-10-5-3-7-16-12(10)9-18-11(2)14(19)17-8-4-6-13(17)15(18)20/h3,5,7,11,13H,4,6,8-9H2,1-2H3. The molecule has 5 nitrogen and oxygen atoms in total. The minimum absolute atomic E-state index is 0.0691. The van der Waals surface area contributed by atoms with Crippen molar-refractivity contribution in [2.75, 3.05) is 6.54 Å². The number of amides is 2. The first-order valence-corrected chi connectivity index (χ1v) is 7.11. The van der Waals surface area contributed by atoms with Crippen LogP contribution in [-0.4, -0.2) is 45.2 Å². The molecule has 3 heterocycles. The van der Waals surface area contributed by atoms with Gasteiger partial charge >= 0.3 is 0 Å². The van der Waals surface area contributed by atoms with Crippen molar-refractivity contribution in [3.8, 4) is 0 Å². The van der Waals surface area contributed by atoms with Crippen molar-refractivity contribution < 1.29 is 9.59 Å². The molecular weight excluding hydrogens is 254 g/mol. The second-order valence-corrected chi connectivity index (χ2v) is 5.60. The van der Waals surface area contributed by atoms with E-state index in [-0.39, 0.29) is 17.9 Å². The molecule has 0 aromatic carbocycles. The fourth-order valence-electron chi connectivity index (χ4n) is 3.10. The number of nitrogens with zero attached hydrogens (tertiary/aromatic N) is 3. The summed E-state index contributed by atoms with van der Waals surface area (Å²) in [5, 5.41) is 0. The van der Waals surface area contributed by atoms with Crippen LogP contribution >= 0.6 is 0 Å². The van der Waals surface area contributed by atoms with Gasteiger partial charge in [-0.25, -0.2) is 0 Å². The maximum absolute atomic E-state index is 12.6. The lowest BCUT2D eigenvalue weighted by Crippen LogP contribution is -2.61. The van der Waals surface area contributed by atoms with Gasteiger partial charge in [0.15, 0.2) is 0 Å². The molecule has 3 rings (SSSR count). The Kier molecular flexibility index (Phi) is 3.20. The highest BCUT2D eigenvalue weighted by molar-refractivity contribution is 5.97. The lowest BCUT2D eigenvalue weighted by Gasteiger charge is -2.40. The number of hydrogen-bond acceptors (Lipinski definition) is 3. The topological polar surface area (TPSA) is 53.5 Å². The lowest BCUT2D eigenvalue weighted by molar-refractivity contribution is -0.159. The molecule has 2 fully saturated rings. The van der Waals surface area contributed by atoms with E-state index >= 15 is 0 Å². The third-order valence-electron chi connectivity index (χ3n) is 4.37. The number of piperazine rings is 1. The predicted molar refractivity (Wildman–Crippen MR) is 73.7 cm³/mol. The van der Waals surface area contributed by atoms with Gasteiger partial charge < -0.3 is 9.80 Å². The van der Waals surface area contributed by atoms with E-state index in [1.807, 2.05) is 26.0 Å². The maximum atomic E-state index is 12.6. The van der Waals surface area contributed by atoms with Crippen LogP contribution in [0.4, 0.5) is 0 Å². The van der Waals surface area contributed by atoms with E-state index in [1.54, 1.807) is 16.0 Å². The number of carbonyl (C=O) groups is 2. The molecule has 106 valence electrons. The summed E-state index contributed by atoms with van der Waals surface area (Å²) in [6, 6.07) is 3.22. The number of carbonyl (C=O) groups excluding carboxylic acids is 2. The van der Waals surface area contributed by atoms with Gasteiger partial charge in [-0.15, -0.1) is 0 Å². The van der Waals surface area contributed by atoms with Crippen LogP contribution in [0.5, 0.6) is 0 Å². The molecule has 0 radical (unpaired) electrons. The third kappa shape index (κ3) is 1.97. The van der Waals surface area contributed by atoms with E-state index in [4.69, 9.17) is 0 Å². The minimum Gasteiger partial charge on any atom is -0.329 e. The Morgan fingerprint density at radius 2 is 2.15 bits per heavy atom. The number of aromatic nitrogens is 1. The van der Waals surface area contributed by atoms with Crippen LogP contribution in [0.1, 0.15) is 31.0 Å². The summed E-state index contributed by atoms with van der Waals surface area (Å²) in [6.07, 6.45) is 3.44. The van der Waals surface area contributed by atoms with Gasteiger partial charge in [0.05, 0.1) is 12.2 Å². The molecule has 2 saturated heterocycles. The average molecular weight is 273 g/mol. The quantitative estimate of drug-likeness (QED) is 0.811. The Morgan fingerprint density at radius 3 is 2.90 bits per heavy atom. The monoisotopic (exact) mass is 273 g/mol. The number of hydrogen-bond donors (Lipinski definition) is 0. The summed E-state index contributed by atoms with van der Waals surface area (Å²) in [6.45, 7) is 4.93. The fraction of sp³-hybridized carbons (Fsp3) is 0.533. The maximum Gasteiger partial charge on any atom is 0.246 e. The summed E-state index contributed by atoms with van der Waals surface area (Å²) >= 11 is 0. The predicted octanol–water partition coefficient (Wildman–Crippen LogP) is 1.11. The molecule has 0 spiro atoms. The van der Waals surface area contributed by atoms with Crippen LogP contribution < -0.4 is 0 Å². The highest BCUT2D eigenvalue weighted by Crippen LogP contribution is 2.27. The minimum atomic E-state index is -0.391. The molecule has 0 bridgehead atoms. The van der Waals surface area contributed by atoms with Crippen molar-refractivity contribution in [2.24, 2.45) is 0 Å². The van der Waals surface area contributed by atoms with Crippen molar-refractivity contribution in [2.45, 2.75) is 45.3 Å². The molecule has 0 aliphatic carbocycles. The molecule has 2 aliphatic heterocycles. The first kappa shape index (κ1) is 13.1. The molecule has 1 aromatic rings. The van der Waals surface area contributed by atoms with E-state index in [2.05, 4.69) is 4.98 Å².